The largest absolute Gasteiger partial charge is 0.493 e. The van der Waals surface area contributed by atoms with E-state index in [-0.39, 0.29) is 27.8 Å². The molecule has 2 bridgehead atoms. The van der Waals surface area contributed by atoms with Crippen LogP contribution >= 0.6 is 0 Å². The van der Waals surface area contributed by atoms with Crippen molar-refractivity contribution < 1.29 is 14.5 Å². The molecule has 6 nitrogen and oxygen atoms in total. The second-order valence-corrected chi connectivity index (χ2v) is 15.0. The number of fused-ring (bicyclic) bond motifs is 1. The number of nitro groups is 1. The molecule has 5 rings (SSSR count). The van der Waals surface area contributed by atoms with Gasteiger partial charge in [-0.1, -0.05) is 85.2 Å². The molecule has 0 radical (unpaired) electrons. The Morgan fingerprint density at radius 1 is 1.05 bits per heavy atom. The van der Waals surface area contributed by atoms with E-state index in [4.69, 9.17) is 4.74 Å². The normalized spacial score (nSPS) is 19.2. The lowest BCUT2D eigenvalue weighted by atomic mass is 9.49. The van der Waals surface area contributed by atoms with Gasteiger partial charge in [0, 0.05) is 35.8 Å². The highest BCUT2D eigenvalue weighted by atomic mass is 16.6. The van der Waals surface area contributed by atoms with Gasteiger partial charge in [0.05, 0.1) is 11.5 Å². The van der Waals surface area contributed by atoms with Crippen molar-refractivity contribution in [3.63, 3.8) is 0 Å². The summed E-state index contributed by atoms with van der Waals surface area (Å²) < 4.78 is 6.42. The number of hydrogen-bond donors (Lipinski definition) is 0. The monoisotopic (exact) mass is 602 g/mol. The first-order chi connectivity index (χ1) is 20.6. The molecule has 0 aromatic heterocycles. The lowest BCUT2D eigenvalue weighted by Gasteiger charge is -2.57. The molecule has 44 heavy (non-hydrogen) atoms. The molecule has 2 aromatic rings. The summed E-state index contributed by atoms with van der Waals surface area (Å²) in [5, 5.41) is 11.6. The van der Waals surface area contributed by atoms with Gasteiger partial charge in [-0.15, -0.1) is 0 Å². The van der Waals surface area contributed by atoms with E-state index in [9.17, 15) is 14.9 Å². The van der Waals surface area contributed by atoms with E-state index in [0.29, 0.717) is 36.7 Å². The van der Waals surface area contributed by atoms with Crippen molar-refractivity contribution in [3.05, 3.63) is 80.4 Å². The van der Waals surface area contributed by atoms with Gasteiger partial charge in [-0.2, -0.15) is 0 Å². The maximum Gasteiger partial charge on any atom is 0.273 e. The number of ether oxygens (including phenoxy) is 1. The predicted molar refractivity (Wildman–Crippen MR) is 180 cm³/mol. The third-order valence-corrected chi connectivity index (χ3v) is 11.2. The topological polar surface area (TPSA) is 72.7 Å². The van der Waals surface area contributed by atoms with Crippen molar-refractivity contribution in [2.24, 2.45) is 17.3 Å². The van der Waals surface area contributed by atoms with E-state index >= 15 is 0 Å². The molecule has 6 heteroatoms. The Morgan fingerprint density at radius 3 is 2.36 bits per heavy atom. The van der Waals surface area contributed by atoms with Crippen LogP contribution in [0.25, 0.3) is 0 Å². The van der Waals surface area contributed by atoms with E-state index in [0.717, 1.165) is 43.8 Å². The molecule has 3 aliphatic rings. The molecule has 0 spiro atoms. The van der Waals surface area contributed by atoms with Crippen LogP contribution in [-0.2, 0) is 10.8 Å². The number of hydrogen-bond acceptors (Lipinski definition) is 4. The fourth-order valence-electron chi connectivity index (χ4n) is 6.84. The Labute approximate surface area is 265 Å². The zero-order valence-corrected chi connectivity index (χ0v) is 28.6. The van der Waals surface area contributed by atoms with Gasteiger partial charge >= 0.3 is 0 Å². The summed E-state index contributed by atoms with van der Waals surface area (Å²) in [6.07, 6.45) is 8.28. The van der Waals surface area contributed by atoms with Gasteiger partial charge in [0.25, 0.3) is 11.6 Å². The van der Waals surface area contributed by atoms with Crippen LogP contribution in [0.3, 0.4) is 0 Å². The minimum absolute atomic E-state index is 0.00292. The van der Waals surface area contributed by atoms with Crippen LogP contribution in [-0.4, -0.2) is 35.4 Å². The summed E-state index contributed by atoms with van der Waals surface area (Å²) in [6, 6.07) is 11.5. The molecule has 1 saturated carbocycles. The highest BCUT2D eigenvalue weighted by molar-refractivity contribution is 5.95. The van der Waals surface area contributed by atoms with Gasteiger partial charge in [-0.3, -0.25) is 14.9 Å². The van der Waals surface area contributed by atoms with E-state index in [1.165, 1.54) is 29.2 Å². The first-order valence-corrected chi connectivity index (χ1v) is 16.6. The fraction of sp³-hybridized carbons (Fsp3) is 0.605. The number of aryl methyl sites for hydroxylation is 1. The van der Waals surface area contributed by atoms with Crippen LogP contribution in [0.15, 0.2) is 48.0 Å². The third-order valence-electron chi connectivity index (χ3n) is 11.2. The second-order valence-electron chi connectivity index (χ2n) is 15.0. The smallest absolute Gasteiger partial charge is 0.273 e. The molecule has 1 amide bonds. The van der Waals surface area contributed by atoms with Gasteiger partial charge in [0.15, 0.2) is 0 Å². The maximum atomic E-state index is 13.8. The molecule has 1 fully saturated rings. The lowest BCUT2D eigenvalue weighted by Crippen LogP contribution is -2.50. The van der Waals surface area contributed by atoms with Crippen LogP contribution in [0.4, 0.5) is 5.69 Å². The Hall–Kier alpha value is -3.15. The molecule has 0 saturated heterocycles. The van der Waals surface area contributed by atoms with Crippen LogP contribution in [0, 0.1) is 34.3 Å². The van der Waals surface area contributed by atoms with E-state index < -0.39 is 4.92 Å². The van der Waals surface area contributed by atoms with Gasteiger partial charge in [0.2, 0.25) is 0 Å². The zero-order valence-electron chi connectivity index (χ0n) is 28.6. The number of nitrogens with zero attached hydrogens (tertiary/aromatic N) is 2. The van der Waals surface area contributed by atoms with Crippen molar-refractivity contribution in [2.45, 2.75) is 112 Å². The van der Waals surface area contributed by atoms with Crippen LogP contribution < -0.4 is 4.74 Å². The molecule has 0 heterocycles. The summed E-state index contributed by atoms with van der Waals surface area (Å²) in [6.45, 7) is 21.7. The summed E-state index contributed by atoms with van der Waals surface area (Å²) >= 11 is 0. The van der Waals surface area contributed by atoms with E-state index in [2.05, 4.69) is 79.7 Å². The number of rotatable bonds is 14. The lowest BCUT2D eigenvalue weighted by molar-refractivity contribution is -0.385. The molecular formula is C38H54N2O4. The number of unbranched alkanes of at least 4 members (excludes halogenated alkanes) is 1. The maximum absolute atomic E-state index is 13.8. The molecule has 3 aliphatic carbocycles. The van der Waals surface area contributed by atoms with E-state index in [1.807, 2.05) is 4.90 Å². The first-order valence-electron chi connectivity index (χ1n) is 16.6. The minimum atomic E-state index is -0.404. The fourth-order valence-corrected chi connectivity index (χ4v) is 6.84. The van der Waals surface area contributed by atoms with Crippen molar-refractivity contribution >= 4 is 11.6 Å². The average molecular weight is 603 g/mol. The Bertz CT molecular complexity index is 1400. The summed E-state index contributed by atoms with van der Waals surface area (Å²) in [5.74, 6) is 2.02. The molecule has 2 atom stereocenters. The highest BCUT2D eigenvalue weighted by Gasteiger charge is 2.51. The Morgan fingerprint density at radius 2 is 1.75 bits per heavy atom. The van der Waals surface area contributed by atoms with Crippen molar-refractivity contribution in [3.8, 4) is 5.75 Å². The molecule has 2 unspecified atom stereocenters. The molecule has 0 aliphatic heterocycles. The zero-order chi connectivity index (χ0) is 32.4. The van der Waals surface area contributed by atoms with E-state index in [1.54, 1.807) is 19.1 Å². The second kappa shape index (κ2) is 13.1. The molecule has 2 aromatic carbocycles. The number of amides is 1. The number of nitro benzene ring substituents is 1. The van der Waals surface area contributed by atoms with Crippen LogP contribution in [0.2, 0.25) is 0 Å². The number of allylic oxidation sites excluding steroid dienone is 1. The number of benzene rings is 2. The first kappa shape index (κ1) is 33.7. The molecule has 240 valence electrons. The van der Waals surface area contributed by atoms with Crippen LogP contribution in [0.5, 0.6) is 5.75 Å². The van der Waals surface area contributed by atoms with Crippen molar-refractivity contribution in [2.75, 3.05) is 19.7 Å². The van der Waals surface area contributed by atoms with Crippen LogP contribution in [0.1, 0.15) is 121 Å². The quantitative estimate of drug-likeness (QED) is 0.0934. The van der Waals surface area contributed by atoms with Crippen molar-refractivity contribution in [1.29, 1.82) is 0 Å². The standard InChI is InChI=1S/C38H54N2O4/c1-10-36(4,5)29-18-19-34(32(23-29)37(6,7)11-2)44-21-13-12-20-39(25-28-16-17-30-24-31(28)38(30,8)9)35(41)27-15-14-26(3)33(22-27)40(42)43/h14-16,18-19,22-23,30-31H,10-13,17,20-21,24-25H2,1-9H3. The van der Waals surface area contributed by atoms with Gasteiger partial charge in [0.1, 0.15) is 5.75 Å². The number of carbonyl (C=O) groups is 1. The highest BCUT2D eigenvalue weighted by Crippen LogP contribution is 2.59. The predicted octanol–water partition coefficient (Wildman–Crippen LogP) is 9.57. The Balaban J connectivity index is 1.47. The SMILES string of the molecule is CCC(C)(C)c1ccc(OCCCCN(CC2=CCC3CC2C3(C)C)C(=O)c2ccc(C)c([N+](=O)[O-])c2)c(C(C)(C)CC)c1. The van der Waals surface area contributed by atoms with Gasteiger partial charge in [-0.25, -0.2) is 0 Å². The average Bonchev–Trinajstić information content (AvgIpc) is 2.99. The molecule has 0 N–H and O–H groups in total. The summed E-state index contributed by atoms with van der Waals surface area (Å²) in [4.78, 5) is 27.0. The van der Waals surface area contributed by atoms with Gasteiger partial charge in [-0.05, 0) is 91.2 Å². The van der Waals surface area contributed by atoms with Crippen molar-refractivity contribution in [1.82, 2.24) is 4.90 Å². The van der Waals surface area contributed by atoms with Gasteiger partial charge < -0.3 is 9.64 Å². The summed E-state index contributed by atoms with van der Waals surface area (Å²) in [5.41, 5.74) is 5.22. The summed E-state index contributed by atoms with van der Waals surface area (Å²) in [7, 11) is 0. The number of carbonyl (C=O) groups excluding carboxylic acids is 1. The third kappa shape index (κ3) is 6.89. The molecular weight excluding hydrogens is 548 g/mol. The Kier molecular flexibility index (Phi) is 10.0. The minimum Gasteiger partial charge on any atom is -0.493 e.